The Hall–Kier alpha value is -2.62. The highest BCUT2D eigenvalue weighted by molar-refractivity contribution is 7.89. The van der Waals surface area contributed by atoms with Crippen LogP contribution in [0.5, 0.6) is 11.5 Å². The molecule has 4 rings (SSSR count). The van der Waals surface area contributed by atoms with E-state index >= 15 is 0 Å². The van der Waals surface area contributed by atoms with Crippen molar-refractivity contribution in [3.05, 3.63) is 53.6 Å². The highest BCUT2D eigenvalue weighted by atomic mass is 32.2. The molecule has 0 unspecified atom stereocenters. The van der Waals surface area contributed by atoms with E-state index in [0.717, 1.165) is 5.56 Å². The predicted molar refractivity (Wildman–Crippen MR) is 114 cm³/mol. The van der Waals surface area contributed by atoms with Crippen LogP contribution in [0, 0.1) is 0 Å². The summed E-state index contributed by atoms with van der Waals surface area (Å²) in [6.07, 6.45) is 0.665. The third kappa shape index (κ3) is 4.26. The minimum atomic E-state index is -3.89. The average Bonchev–Trinajstić information content (AvgIpc) is 2.77. The van der Waals surface area contributed by atoms with E-state index in [9.17, 15) is 18.3 Å². The number of carbonyl (C=O) groups excluding carboxylic acids is 1. The normalized spacial score (nSPS) is 20.5. The minimum Gasteiger partial charge on any atom is -0.486 e. The van der Waals surface area contributed by atoms with E-state index in [1.807, 2.05) is 30.3 Å². The number of ether oxygens (including phenoxy) is 2. The average molecular weight is 447 g/mol. The van der Waals surface area contributed by atoms with Crippen molar-refractivity contribution in [1.29, 1.82) is 0 Å². The standard InChI is InChI=1S/C22H26N2O6S/c1-2-24-18(22(26)23-17(14-25)10-15-6-4-3-5-7-15)11-16-12-19-20(30-9-8-29-19)13-21(16)31(24,27)28/h3-7,12-13,17-18,25H,2,8-11,14H2,1H3,(H,23,26)/t17-,18-/m0/s1. The van der Waals surface area contributed by atoms with Gasteiger partial charge in [-0.3, -0.25) is 4.79 Å². The lowest BCUT2D eigenvalue weighted by Gasteiger charge is -2.35. The molecule has 0 fully saturated rings. The smallest absolute Gasteiger partial charge is 0.244 e. The van der Waals surface area contributed by atoms with Crippen LogP contribution in [0.15, 0.2) is 47.4 Å². The van der Waals surface area contributed by atoms with E-state index in [2.05, 4.69) is 5.32 Å². The van der Waals surface area contributed by atoms with Crippen LogP contribution in [-0.4, -0.2) is 62.2 Å². The molecule has 0 aromatic heterocycles. The van der Waals surface area contributed by atoms with Gasteiger partial charge >= 0.3 is 0 Å². The molecule has 0 bridgehead atoms. The number of amides is 1. The Morgan fingerprint density at radius 2 is 1.87 bits per heavy atom. The zero-order valence-electron chi connectivity index (χ0n) is 17.3. The van der Waals surface area contributed by atoms with Gasteiger partial charge in [-0.05, 0) is 30.0 Å². The van der Waals surface area contributed by atoms with Crippen molar-refractivity contribution in [2.24, 2.45) is 0 Å². The third-order valence-electron chi connectivity index (χ3n) is 5.58. The lowest BCUT2D eigenvalue weighted by atomic mass is 10.0. The second kappa shape index (κ2) is 8.86. The first-order valence-electron chi connectivity index (χ1n) is 10.3. The number of nitrogens with one attached hydrogen (secondary N) is 1. The van der Waals surface area contributed by atoms with Crippen molar-refractivity contribution in [1.82, 2.24) is 9.62 Å². The predicted octanol–water partition coefficient (Wildman–Crippen LogP) is 1.11. The molecule has 1 amide bonds. The van der Waals surface area contributed by atoms with Gasteiger partial charge in [-0.1, -0.05) is 37.3 Å². The molecule has 0 aliphatic carbocycles. The molecule has 2 aliphatic rings. The van der Waals surface area contributed by atoms with Crippen molar-refractivity contribution in [3.8, 4) is 11.5 Å². The number of hydrogen-bond acceptors (Lipinski definition) is 6. The molecule has 9 heteroatoms. The van der Waals surface area contributed by atoms with Crippen molar-refractivity contribution in [2.75, 3.05) is 26.4 Å². The number of fused-ring (bicyclic) bond motifs is 2. The fourth-order valence-corrected chi connectivity index (χ4v) is 5.91. The van der Waals surface area contributed by atoms with Gasteiger partial charge in [0.15, 0.2) is 11.5 Å². The van der Waals surface area contributed by atoms with Gasteiger partial charge in [0.25, 0.3) is 0 Å². The Morgan fingerprint density at radius 1 is 1.19 bits per heavy atom. The van der Waals surface area contributed by atoms with Gasteiger partial charge in [0.2, 0.25) is 15.9 Å². The molecule has 166 valence electrons. The molecular formula is C22H26N2O6S. The summed E-state index contributed by atoms with van der Waals surface area (Å²) in [5.74, 6) is 0.457. The van der Waals surface area contributed by atoms with Crippen LogP contribution in [0.2, 0.25) is 0 Å². The van der Waals surface area contributed by atoms with Crippen LogP contribution in [0.1, 0.15) is 18.1 Å². The number of nitrogens with zero attached hydrogens (tertiary/aromatic N) is 1. The molecule has 0 spiro atoms. The molecule has 2 aromatic carbocycles. The van der Waals surface area contributed by atoms with Gasteiger partial charge in [0.05, 0.1) is 17.5 Å². The summed E-state index contributed by atoms with van der Waals surface area (Å²) in [6, 6.07) is 11.2. The Balaban J connectivity index is 1.60. The highest BCUT2D eigenvalue weighted by Crippen LogP contribution is 2.39. The summed E-state index contributed by atoms with van der Waals surface area (Å²) >= 11 is 0. The van der Waals surface area contributed by atoms with Crippen molar-refractivity contribution in [2.45, 2.75) is 36.7 Å². The second-order valence-corrected chi connectivity index (χ2v) is 9.47. The van der Waals surface area contributed by atoms with Gasteiger partial charge in [-0.25, -0.2) is 8.42 Å². The fourth-order valence-electron chi connectivity index (χ4n) is 4.09. The van der Waals surface area contributed by atoms with Crippen molar-refractivity contribution in [3.63, 3.8) is 0 Å². The van der Waals surface area contributed by atoms with E-state index < -0.39 is 28.0 Å². The molecule has 2 aromatic rings. The van der Waals surface area contributed by atoms with Gasteiger partial charge < -0.3 is 19.9 Å². The van der Waals surface area contributed by atoms with Crippen LogP contribution in [-0.2, 0) is 27.7 Å². The number of carbonyl (C=O) groups is 1. The molecule has 2 heterocycles. The number of hydrogen-bond donors (Lipinski definition) is 2. The quantitative estimate of drug-likeness (QED) is 0.689. The Bertz CT molecular complexity index is 1060. The molecule has 31 heavy (non-hydrogen) atoms. The highest BCUT2D eigenvalue weighted by Gasteiger charge is 2.42. The van der Waals surface area contributed by atoms with Gasteiger partial charge in [-0.15, -0.1) is 0 Å². The van der Waals surface area contributed by atoms with Crippen LogP contribution in [0.4, 0.5) is 0 Å². The van der Waals surface area contributed by atoms with E-state index in [1.165, 1.54) is 10.4 Å². The maximum atomic E-state index is 13.3. The molecule has 8 nitrogen and oxygen atoms in total. The Morgan fingerprint density at radius 3 is 2.52 bits per heavy atom. The summed E-state index contributed by atoms with van der Waals surface area (Å²) < 4.78 is 38.9. The van der Waals surface area contributed by atoms with E-state index in [4.69, 9.17) is 9.47 Å². The van der Waals surface area contributed by atoms with Gasteiger partial charge in [0.1, 0.15) is 19.3 Å². The fraction of sp³-hybridized carbons (Fsp3) is 0.409. The van der Waals surface area contributed by atoms with E-state index in [0.29, 0.717) is 36.7 Å². The molecule has 0 saturated heterocycles. The lowest BCUT2D eigenvalue weighted by Crippen LogP contribution is -2.55. The van der Waals surface area contributed by atoms with Gasteiger partial charge in [0, 0.05) is 12.6 Å². The summed E-state index contributed by atoms with van der Waals surface area (Å²) in [4.78, 5) is 13.3. The number of rotatable bonds is 6. The van der Waals surface area contributed by atoms with Crippen LogP contribution in [0.25, 0.3) is 0 Å². The van der Waals surface area contributed by atoms with Gasteiger partial charge in [-0.2, -0.15) is 4.31 Å². The monoisotopic (exact) mass is 446 g/mol. The number of sulfonamides is 1. The molecule has 2 aliphatic heterocycles. The van der Waals surface area contributed by atoms with E-state index in [-0.39, 0.29) is 24.5 Å². The third-order valence-corrected chi connectivity index (χ3v) is 7.64. The Kier molecular flexibility index (Phi) is 6.17. The zero-order valence-corrected chi connectivity index (χ0v) is 18.1. The molecule has 2 N–H and O–H groups in total. The number of benzene rings is 2. The van der Waals surface area contributed by atoms with E-state index in [1.54, 1.807) is 13.0 Å². The van der Waals surface area contributed by atoms with Crippen molar-refractivity contribution < 1.29 is 27.8 Å². The molecular weight excluding hydrogens is 420 g/mol. The largest absolute Gasteiger partial charge is 0.486 e. The summed E-state index contributed by atoms with van der Waals surface area (Å²) in [5.41, 5.74) is 1.50. The first-order chi connectivity index (χ1) is 14.9. The molecule has 2 atom stereocenters. The summed E-state index contributed by atoms with van der Waals surface area (Å²) in [5, 5.41) is 12.6. The SMILES string of the molecule is CCN1[C@H](C(=O)N[C@H](CO)Cc2ccccc2)Cc2cc3c(cc2S1(=O)=O)OCCO3. The summed E-state index contributed by atoms with van der Waals surface area (Å²) in [6.45, 7) is 2.35. The first kappa shape index (κ1) is 21.6. The zero-order chi connectivity index (χ0) is 22.0. The van der Waals surface area contributed by atoms with Crippen molar-refractivity contribution >= 4 is 15.9 Å². The Labute approximate surface area is 181 Å². The first-order valence-corrected chi connectivity index (χ1v) is 11.8. The maximum Gasteiger partial charge on any atom is 0.244 e. The van der Waals surface area contributed by atoms with Crippen LogP contribution < -0.4 is 14.8 Å². The van der Waals surface area contributed by atoms with Crippen LogP contribution >= 0.6 is 0 Å². The topological polar surface area (TPSA) is 105 Å². The maximum absolute atomic E-state index is 13.3. The number of aliphatic hydroxyl groups excluding tert-OH is 1. The number of aliphatic hydroxyl groups is 1. The number of likely N-dealkylation sites (N-methyl/N-ethyl adjacent to an activating group) is 1. The molecule has 0 saturated carbocycles. The van der Waals surface area contributed by atoms with Crippen LogP contribution in [0.3, 0.4) is 0 Å². The second-order valence-electron chi connectivity index (χ2n) is 7.61. The minimum absolute atomic E-state index is 0.144. The summed E-state index contributed by atoms with van der Waals surface area (Å²) in [7, 11) is -3.89. The lowest BCUT2D eigenvalue weighted by molar-refractivity contribution is -0.126. The molecule has 0 radical (unpaired) electrons.